The SMILES string of the molecule is COc1ccc(S(=O)(=O)N2CCC(C(=O)Oc3ccc4oc5ccccc5c4c3)CC2)cc1. The number of hydrogen-bond acceptors (Lipinski definition) is 6. The molecule has 0 saturated carbocycles. The van der Waals surface area contributed by atoms with E-state index in [4.69, 9.17) is 13.9 Å². The maximum absolute atomic E-state index is 12.9. The highest BCUT2D eigenvalue weighted by molar-refractivity contribution is 7.89. The first-order valence-electron chi connectivity index (χ1n) is 10.7. The van der Waals surface area contributed by atoms with Crippen LogP contribution in [0.2, 0.25) is 0 Å². The van der Waals surface area contributed by atoms with Gasteiger partial charge in [0.15, 0.2) is 0 Å². The number of sulfonamides is 1. The van der Waals surface area contributed by atoms with Crippen LogP contribution in [0.1, 0.15) is 12.8 Å². The quantitative estimate of drug-likeness (QED) is 0.316. The van der Waals surface area contributed by atoms with Crippen LogP contribution in [-0.2, 0) is 14.8 Å². The highest BCUT2D eigenvalue weighted by Crippen LogP contribution is 2.32. The number of carbonyl (C=O) groups is 1. The van der Waals surface area contributed by atoms with E-state index in [9.17, 15) is 13.2 Å². The van der Waals surface area contributed by atoms with Gasteiger partial charge in [0, 0.05) is 23.9 Å². The molecule has 3 aromatic carbocycles. The van der Waals surface area contributed by atoms with E-state index in [0.717, 1.165) is 21.9 Å². The molecule has 2 heterocycles. The number of para-hydroxylation sites is 1. The van der Waals surface area contributed by atoms with Gasteiger partial charge in [-0.05, 0) is 61.4 Å². The molecule has 1 aliphatic rings. The van der Waals surface area contributed by atoms with Gasteiger partial charge in [0.1, 0.15) is 22.7 Å². The van der Waals surface area contributed by atoms with Gasteiger partial charge in [-0.1, -0.05) is 18.2 Å². The molecule has 7 nitrogen and oxygen atoms in total. The zero-order valence-corrected chi connectivity index (χ0v) is 18.9. The van der Waals surface area contributed by atoms with Gasteiger partial charge in [-0.25, -0.2) is 8.42 Å². The molecule has 170 valence electrons. The third-order valence-corrected chi connectivity index (χ3v) is 7.96. The van der Waals surface area contributed by atoms with Crippen molar-refractivity contribution in [2.45, 2.75) is 17.7 Å². The average molecular weight is 466 g/mol. The first-order valence-corrected chi connectivity index (χ1v) is 12.2. The Morgan fingerprint density at radius 1 is 0.909 bits per heavy atom. The number of ether oxygens (including phenoxy) is 2. The zero-order valence-electron chi connectivity index (χ0n) is 18.1. The van der Waals surface area contributed by atoms with Crippen LogP contribution in [0.5, 0.6) is 11.5 Å². The van der Waals surface area contributed by atoms with Gasteiger partial charge in [-0.15, -0.1) is 0 Å². The number of piperidine rings is 1. The van der Waals surface area contributed by atoms with E-state index in [1.165, 1.54) is 23.5 Å². The lowest BCUT2D eigenvalue weighted by molar-refractivity contribution is -0.140. The monoisotopic (exact) mass is 465 g/mol. The third-order valence-electron chi connectivity index (χ3n) is 6.05. The molecular formula is C25H23NO6S. The maximum atomic E-state index is 12.9. The molecule has 1 aromatic heterocycles. The Kier molecular flexibility index (Phi) is 5.55. The summed E-state index contributed by atoms with van der Waals surface area (Å²) in [6, 6.07) is 19.3. The van der Waals surface area contributed by atoms with Gasteiger partial charge in [0.25, 0.3) is 0 Å². The van der Waals surface area contributed by atoms with Gasteiger partial charge in [0.2, 0.25) is 10.0 Å². The van der Waals surface area contributed by atoms with Crippen LogP contribution in [0, 0.1) is 5.92 Å². The van der Waals surface area contributed by atoms with Crippen molar-refractivity contribution in [3.05, 3.63) is 66.7 Å². The van der Waals surface area contributed by atoms with Crippen molar-refractivity contribution in [2.24, 2.45) is 5.92 Å². The summed E-state index contributed by atoms with van der Waals surface area (Å²) >= 11 is 0. The molecule has 0 atom stereocenters. The number of hydrogen-bond donors (Lipinski definition) is 0. The predicted molar refractivity (Wildman–Crippen MR) is 124 cm³/mol. The molecule has 4 aromatic rings. The molecule has 1 fully saturated rings. The van der Waals surface area contributed by atoms with Crippen LogP contribution in [0.4, 0.5) is 0 Å². The highest BCUT2D eigenvalue weighted by atomic mass is 32.2. The summed E-state index contributed by atoms with van der Waals surface area (Å²) < 4.78 is 43.8. The largest absolute Gasteiger partial charge is 0.497 e. The smallest absolute Gasteiger partial charge is 0.314 e. The number of furan rings is 1. The van der Waals surface area contributed by atoms with Gasteiger partial charge >= 0.3 is 5.97 Å². The average Bonchev–Trinajstić information content (AvgIpc) is 3.22. The Hall–Kier alpha value is -3.36. The highest BCUT2D eigenvalue weighted by Gasteiger charge is 2.33. The lowest BCUT2D eigenvalue weighted by Crippen LogP contribution is -2.41. The van der Waals surface area contributed by atoms with E-state index in [0.29, 0.717) is 24.3 Å². The lowest BCUT2D eigenvalue weighted by Gasteiger charge is -2.30. The minimum atomic E-state index is -3.62. The van der Waals surface area contributed by atoms with E-state index in [1.54, 1.807) is 24.3 Å². The number of rotatable bonds is 5. The Morgan fingerprint density at radius 3 is 2.30 bits per heavy atom. The summed E-state index contributed by atoms with van der Waals surface area (Å²) in [6.07, 6.45) is 0.816. The molecule has 0 spiro atoms. The number of methoxy groups -OCH3 is 1. The molecular weight excluding hydrogens is 442 g/mol. The number of benzene rings is 3. The van der Waals surface area contributed by atoms with Crippen molar-refractivity contribution in [1.82, 2.24) is 4.31 Å². The molecule has 0 unspecified atom stereocenters. The number of nitrogens with zero attached hydrogens (tertiary/aromatic N) is 1. The Labute approximate surface area is 191 Å². The van der Waals surface area contributed by atoms with E-state index in [1.807, 2.05) is 30.3 Å². The van der Waals surface area contributed by atoms with Crippen molar-refractivity contribution in [3.8, 4) is 11.5 Å². The Morgan fingerprint density at radius 2 is 1.58 bits per heavy atom. The Balaban J connectivity index is 1.25. The second-order valence-corrected chi connectivity index (χ2v) is 9.97. The molecule has 1 aliphatic heterocycles. The summed E-state index contributed by atoms with van der Waals surface area (Å²) in [6.45, 7) is 0.527. The zero-order chi connectivity index (χ0) is 23.0. The number of fused-ring (bicyclic) bond motifs is 3. The molecule has 0 radical (unpaired) electrons. The molecule has 0 bridgehead atoms. The van der Waals surface area contributed by atoms with Crippen molar-refractivity contribution in [3.63, 3.8) is 0 Å². The second kappa shape index (κ2) is 8.53. The minimum Gasteiger partial charge on any atom is -0.497 e. The lowest BCUT2D eigenvalue weighted by atomic mass is 9.98. The number of carbonyl (C=O) groups excluding carboxylic acids is 1. The summed E-state index contributed by atoms with van der Waals surface area (Å²) in [5, 5.41) is 1.85. The summed E-state index contributed by atoms with van der Waals surface area (Å²) in [7, 11) is -2.09. The molecule has 33 heavy (non-hydrogen) atoms. The van der Waals surface area contributed by atoms with E-state index in [2.05, 4.69) is 0 Å². The summed E-state index contributed by atoms with van der Waals surface area (Å²) in [4.78, 5) is 13.0. The van der Waals surface area contributed by atoms with Gasteiger partial charge in [0.05, 0.1) is 17.9 Å². The van der Waals surface area contributed by atoms with Crippen molar-refractivity contribution < 1.29 is 27.1 Å². The predicted octanol–water partition coefficient (Wildman–Crippen LogP) is 4.60. The molecule has 0 amide bonds. The van der Waals surface area contributed by atoms with Crippen LogP contribution in [0.25, 0.3) is 21.9 Å². The normalized spacial score (nSPS) is 15.7. The summed E-state index contributed by atoms with van der Waals surface area (Å²) in [5.41, 5.74) is 1.51. The minimum absolute atomic E-state index is 0.213. The second-order valence-electron chi connectivity index (χ2n) is 8.03. The fourth-order valence-electron chi connectivity index (χ4n) is 4.20. The maximum Gasteiger partial charge on any atom is 0.314 e. The first kappa shape index (κ1) is 21.5. The van der Waals surface area contributed by atoms with E-state index >= 15 is 0 Å². The van der Waals surface area contributed by atoms with Crippen molar-refractivity contribution in [1.29, 1.82) is 0 Å². The van der Waals surface area contributed by atoms with Crippen LogP contribution >= 0.6 is 0 Å². The molecule has 0 N–H and O–H groups in total. The fraction of sp³-hybridized carbons (Fsp3) is 0.240. The van der Waals surface area contributed by atoms with Crippen LogP contribution < -0.4 is 9.47 Å². The van der Waals surface area contributed by atoms with E-state index < -0.39 is 10.0 Å². The topological polar surface area (TPSA) is 86.1 Å². The standard InChI is InChI=1S/C25H23NO6S/c1-30-18-6-9-20(10-7-18)33(28,29)26-14-12-17(13-15-26)25(27)31-19-8-11-24-22(16-19)21-4-2-3-5-23(21)32-24/h2-11,16-17H,12-15H2,1H3. The van der Waals surface area contributed by atoms with Crippen molar-refractivity contribution >= 4 is 37.9 Å². The molecule has 0 aliphatic carbocycles. The van der Waals surface area contributed by atoms with Crippen LogP contribution in [0.15, 0.2) is 76.0 Å². The third kappa shape index (κ3) is 4.07. The fourth-order valence-corrected chi connectivity index (χ4v) is 5.67. The van der Waals surface area contributed by atoms with Crippen LogP contribution in [-0.4, -0.2) is 38.9 Å². The molecule has 1 saturated heterocycles. The van der Waals surface area contributed by atoms with Crippen molar-refractivity contribution in [2.75, 3.05) is 20.2 Å². The molecule has 5 rings (SSSR count). The first-order chi connectivity index (χ1) is 16.0. The van der Waals surface area contributed by atoms with E-state index in [-0.39, 0.29) is 29.9 Å². The summed E-state index contributed by atoms with van der Waals surface area (Å²) in [5.74, 6) is 0.345. The van der Waals surface area contributed by atoms with Crippen LogP contribution in [0.3, 0.4) is 0 Å². The Bertz CT molecular complexity index is 1420. The van der Waals surface area contributed by atoms with Gasteiger partial charge in [-0.3, -0.25) is 4.79 Å². The van der Waals surface area contributed by atoms with Gasteiger partial charge in [-0.2, -0.15) is 4.31 Å². The molecule has 8 heteroatoms. The number of esters is 1. The van der Waals surface area contributed by atoms with Gasteiger partial charge < -0.3 is 13.9 Å².